The van der Waals surface area contributed by atoms with Gasteiger partial charge < -0.3 is 20.7 Å². The van der Waals surface area contributed by atoms with Gasteiger partial charge in [0.05, 0.1) is 12.6 Å². The Kier molecular flexibility index (Phi) is 7.94. The molecule has 0 heterocycles. The molecule has 0 aliphatic heterocycles. The van der Waals surface area contributed by atoms with Gasteiger partial charge in [-0.15, -0.1) is 0 Å². The van der Waals surface area contributed by atoms with Gasteiger partial charge in [0.2, 0.25) is 5.91 Å². The molecule has 0 saturated carbocycles. The number of nitrogens with one attached hydrogen (secondary N) is 3. The summed E-state index contributed by atoms with van der Waals surface area (Å²) in [6.07, 6.45) is 0. The van der Waals surface area contributed by atoms with Crippen LogP contribution in [-0.2, 0) is 4.79 Å². The molecule has 1 aromatic carbocycles. The zero-order chi connectivity index (χ0) is 18.1. The minimum Gasteiger partial charge on any atom is -0.435 e. The Hall–Kier alpha value is -2.38. The molecule has 0 aliphatic rings. The van der Waals surface area contributed by atoms with Crippen molar-refractivity contribution in [3.63, 3.8) is 0 Å². The molecule has 1 atom stereocenters. The molecule has 6 nitrogen and oxygen atoms in total. The number of urea groups is 1. The maximum atomic E-state index is 12.1. The van der Waals surface area contributed by atoms with Gasteiger partial charge in [-0.25, -0.2) is 4.79 Å². The summed E-state index contributed by atoms with van der Waals surface area (Å²) in [5.74, 6) is 0.118. The third-order valence-corrected chi connectivity index (χ3v) is 3.07. The molecule has 0 spiro atoms. The van der Waals surface area contributed by atoms with E-state index in [-0.39, 0.29) is 24.2 Å². The molecule has 8 heteroatoms. The number of carbonyl (C=O) groups is 2. The van der Waals surface area contributed by atoms with Crippen LogP contribution in [0.3, 0.4) is 0 Å². The Labute approximate surface area is 139 Å². The van der Waals surface area contributed by atoms with Crippen molar-refractivity contribution >= 4 is 11.9 Å². The van der Waals surface area contributed by atoms with Gasteiger partial charge >= 0.3 is 12.6 Å². The van der Waals surface area contributed by atoms with Gasteiger partial charge in [0, 0.05) is 6.54 Å². The van der Waals surface area contributed by atoms with E-state index < -0.39 is 12.6 Å². The minimum atomic E-state index is -2.88. The van der Waals surface area contributed by atoms with Gasteiger partial charge in [0.1, 0.15) is 5.75 Å². The summed E-state index contributed by atoms with van der Waals surface area (Å²) in [5.41, 5.74) is 0.719. The molecule has 0 aliphatic carbocycles. The number of benzene rings is 1. The molecule has 1 rings (SSSR count). The normalized spacial score (nSPS) is 12.0. The largest absolute Gasteiger partial charge is 0.435 e. The lowest BCUT2D eigenvalue weighted by Crippen LogP contribution is -2.43. The second-order valence-corrected chi connectivity index (χ2v) is 5.69. The van der Waals surface area contributed by atoms with E-state index in [1.807, 2.05) is 13.8 Å². The van der Waals surface area contributed by atoms with E-state index in [4.69, 9.17) is 0 Å². The van der Waals surface area contributed by atoms with Crippen molar-refractivity contribution in [1.29, 1.82) is 0 Å². The Morgan fingerprint density at radius 3 is 2.25 bits per heavy atom. The van der Waals surface area contributed by atoms with E-state index >= 15 is 0 Å². The molecular formula is C16H23F2N3O3. The predicted octanol–water partition coefficient (Wildman–Crippen LogP) is 2.42. The number of hydrogen-bond donors (Lipinski definition) is 3. The van der Waals surface area contributed by atoms with Crippen molar-refractivity contribution in [1.82, 2.24) is 16.0 Å². The number of alkyl halides is 2. The van der Waals surface area contributed by atoms with Crippen LogP contribution in [0.2, 0.25) is 0 Å². The number of rotatable bonds is 8. The first-order chi connectivity index (χ1) is 11.3. The topological polar surface area (TPSA) is 79.5 Å². The molecule has 0 radical (unpaired) electrons. The zero-order valence-electron chi connectivity index (χ0n) is 13.9. The minimum absolute atomic E-state index is 0.0484. The van der Waals surface area contributed by atoms with Gasteiger partial charge in [-0.05, 0) is 30.5 Å². The van der Waals surface area contributed by atoms with E-state index in [9.17, 15) is 18.4 Å². The molecule has 134 valence electrons. The van der Waals surface area contributed by atoms with Crippen LogP contribution in [0.1, 0.15) is 32.4 Å². The quantitative estimate of drug-likeness (QED) is 0.678. The molecule has 3 amide bonds. The standard InChI is InChI=1S/C16H23F2N3O3/c1-10(2)8-19-14(22)9-20-16(23)21-11(3)12-4-6-13(7-5-12)24-15(17)18/h4-7,10-11,15H,8-9H2,1-3H3,(H,19,22)(H2,20,21,23)/t11-/m1/s1. The Morgan fingerprint density at radius 1 is 1.08 bits per heavy atom. The third kappa shape index (κ3) is 7.75. The highest BCUT2D eigenvalue weighted by Gasteiger charge is 2.11. The lowest BCUT2D eigenvalue weighted by atomic mass is 10.1. The summed E-state index contributed by atoms with van der Waals surface area (Å²) in [4.78, 5) is 23.3. The van der Waals surface area contributed by atoms with Crippen molar-refractivity contribution in [2.45, 2.75) is 33.4 Å². The van der Waals surface area contributed by atoms with Crippen LogP contribution in [0.4, 0.5) is 13.6 Å². The highest BCUT2D eigenvalue weighted by atomic mass is 19.3. The molecule has 0 aromatic heterocycles. The van der Waals surface area contributed by atoms with Crippen LogP contribution < -0.4 is 20.7 Å². The Balaban J connectivity index is 2.39. The SMILES string of the molecule is CC(C)CNC(=O)CNC(=O)N[C@H](C)c1ccc(OC(F)F)cc1. The summed E-state index contributed by atoms with van der Waals surface area (Å²) in [5, 5.41) is 7.80. The third-order valence-electron chi connectivity index (χ3n) is 3.07. The van der Waals surface area contributed by atoms with Gasteiger partial charge in [-0.1, -0.05) is 26.0 Å². The monoisotopic (exact) mass is 343 g/mol. The first-order valence-corrected chi connectivity index (χ1v) is 7.63. The molecule has 0 fully saturated rings. The average molecular weight is 343 g/mol. The van der Waals surface area contributed by atoms with Crippen LogP contribution in [0.5, 0.6) is 5.75 Å². The molecule has 0 bridgehead atoms. The van der Waals surface area contributed by atoms with Crippen molar-refractivity contribution in [3.05, 3.63) is 29.8 Å². The summed E-state index contributed by atoms with van der Waals surface area (Å²) in [6, 6.07) is 5.11. The smallest absolute Gasteiger partial charge is 0.387 e. The molecule has 3 N–H and O–H groups in total. The fraction of sp³-hybridized carbons (Fsp3) is 0.500. The van der Waals surface area contributed by atoms with Crippen molar-refractivity contribution in [2.24, 2.45) is 5.92 Å². The first-order valence-electron chi connectivity index (χ1n) is 7.63. The fourth-order valence-electron chi connectivity index (χ4n) is 1.81. The lowest BCUT2D eigenvalue weighted by Gasteiger charge is -2.16. The fourth-order valence-corrected chi connectivity index (χ4v) is 1.81. The van der Waals surface area contributed by atoms with Crippen LogP contribution in [0, 0.1) is 5.92 Å². The van der Waals surface area contributed by atoms with Crippen molar-refractivity contribution < 1.29 is 23.1 Å². The Morgan fingerprint density at radius 2 is 1.71 bits per heavy atom. The van der Waals surface area contributed by atoms with Crippen molar-refractivity contribution in [2.75, 3.05) is 13.1 Å². The van der Waals surface area contributed by atoms with E-state index in [1.54, 1.807) is 19.1 Å². The van der Waals surface area contributed by atoms with E-state index in [2.05, 4.69) is 20.7 Å². The molecule has 0 unspecified atom stereocenters. The molecule has 1 aromatic rings. The highest BCUT2D eigenvalue weighted by Crippen LogP contribution is 2.18. The zero-order valence-corrected chi connectivity index (χ0v) is 13.9. The number of hydrogen-bond acceptors (Lipinski definition) is 3. The summed E-state index contributed by atoms with van der Waals surface area (Å²) >= 11 is 0. The second-order valence-electron chi connectivity index (χ2n) is 5.69. The first kappa shape index (κ1) is 19.7. The molecular weight excluding hydrogens is 320 g/mol. The van der Waals surface area contributed by atoms with E-state index in [0.29, 0.717) is 12.5 Å². The number of halogens is 2. The molecule has 24 heavy (non-hydrogen) atoms. The van der Waals surface area contributed by atoms with Crippen molar-refractivity contribution in [3.8, 4) is 5.75 Å². The lowest BCUT2D eigenvalue weighted by molar-refractivity contribution is -0.120. The summed E-state index contributed by atoms with van der Waals surface area (Å²) < 4.78 is 28.4. The van der Waals surface area contributed by atoms with Gasteiger partial charge in [-0.3, -0.25) is 4.79 Å². The summed E-state index contributed by atoms with van der Waals surface area (Å²) in [7, 11) is 0. The van der Waals surface area contributed by atoms with Crippen LogP contribution in [-0.4, -0.2) is 31.6 Å². The highest BCUT2D eigenvalue weighted by molar-refractivity contribution is 5.84. The Bertz CT molecular complexity index is 536. The number of carbonyl (C=O) groups excluding carboxylic acids is 2. The second kappa shape index (κ2) is 9.69. The average Bonchev–Trinajstić information content (AvgIpc) is 2.51. The van der Waals surface area contributed by atoms with Gasteiger partial charge in [0.25, 0.3) is 0 Å². The number of amides is 3. The van der Waals surface area contributed by atoms with Crippen LogP contribution >= 0.6 is 0 Å². The molecule has 0 saturated heterocycles. The van der Waals surface area contributed by atoms with E-state index in [1.165, 1.54) is 12.1 Å². The van der Waals surface area contributed by atoms with Gasteiger partial charge in [-0.2, -0.15) is 8.78 Å². The van der Waals surface area contributed by atoms with Gasteiger partial charge in [0.15, 0.2) is 0 Å². The van der Waals surface area contributed by atoms with Crippen LogP contribution in [0.25, 0.3) is 0 Å². The number of ether oxygens (including phenoxy) is 1. The van der Waals surface area contributed by atoms with E-state index in [0.717, 1.165) is 5.56 Å². The maximum Gasteiger partial charge on any atom is 0.387 e. The summed E-state index contributed by atoms with van der Waals surface area (Å²) in [6.45, 7) is 3.23. The predicted molar refractivity (Wildman–Crippen MR) is 85.9 cm³/mol. The maximum absolute atomic E-state index is 12.1. The van der Waals surface area contributed by atoms with Crippen LogP contribution in [0.15, 0.2) is 24.3 Å².